The molecule has 0 aromatic heterocycles. The van der Waals surface area contributed by atoms with E-state index in [-0.39, 0.29) is 22.3 Å². The number of halogens is 4. The molecule has 0 saturated carbocycles. The second-order valence-electron chi connectivity index (χ2n) is 3.99. The van der Waals surface area contributed by atoms with Crippen molar-refractivity contribution in [2.45, 2.75) is 13.3 Å². The Morgan fingerprint density at radius 1 is 1.50 bits per heavy atom. The molecule has 0 aliphatic rings. The Morgan fingerprint density at radius 2 is 2.12 bits per heavy atom. The van der Waals surface area contributed by atoms with Gasteiger partial charge in [0.25, 0.3) is 0 Å². The molecule has 1 unspecified atom stereocenters. The quantitative estimate of drug-likeness (QED) is 0.429. The normalized spacial score (nSPS) is 14.6. The summed E-state index contributed by atoms with van der Waals surface area (Å²) in [4.78, 5) is 0. The van der Waals surface area contributed by atoms with Crippen LogP contribution in [-0.4, -0.2) is 5.88 Å². The van der Waals surface area contributed by atoms with Gasteiger partial charge in [0.05, 0.1) is 4.47 Å². The minimum Gasteiger partial charge on any atom is -0.207 e. The first-order chi connectivity index (χ1) is 7.43. The highest BCUT2D eigenvalue weighted by Gasteiger charge is 2.24. The van der Waals surface area contributed by atoms with Gasteiger partial charge in [-0.05, 0) is 34.5 Å². The van der Waals surface area contributed by atoms with Gasteiger partial charge in [0, 0.05) is 16.9 Å². The molecular weight excluding hydrogens is 297 g/mol. The summed E-state index contributed by atoms with van der Waals surface area (Å²) in [7, 11) is 0. The van der Waals surface area contributed by atoms with Crippen molar-refractivity contribution < 1.29 is 8.78 Å². The first-order valence-corrected chi connectivity index (χ1v) is 6.08. The predicted molar refractivity (Wildman–Crippen MR) is 66.8 cm³/mol. The molecule has 0 amide bonds. The van der Waals surface area contributed by atoms with E-state index in [1.54, 1.807) is 6.08 Å². The summed E-state index contributed by atoms with van der Waals surface area (Å²) < 4.78 is 27.5. The molecule has 4 heteroatoms. The molecule has 1 aromatic rings. The van der Waals surface area contributed by atoms with Crippen molar-refractivity contribution in [1.29, 1.82) is 0 Å². The van der Waals surface area contributed by atoms with Crippen molar-refractivity contribution in [1.82, 2.24) is 0 Å². The van der Waals surface area contributed by atoms with Crippen LogP contribution in [0.15, 0.2) is 29.3 Å². The fraction of sp³-hybridized carbons (Fsp3) is 0.333. The maximum Gasteiger partial charge on any atom is 0.143 e. The van der Waals surface area contributed by atoms with Crippen molar-refractivity contribution >= 4 is 27.5 Å². The first-order valence-electron chi connectivity index (χ1n) is 4.75. The summed E-state index contributed by atoms with van der Waals surface area (Å²) in [5.74, 6) is -0.862. The topological polar surface area (TPSA) is 0 Å². The van der Waals surface area contributed by atoms with Gasteiger partial charge in [-0.3, -0.25) is 0 Å². The molecule has 0 fully saturated rings. The average molecular weight is 310 g/mol. The van der Waals surface area contributed by atoms with Crippen LogP contribution in [0.4, 0.5) is 8.78 Å². The minimum absolute atomic E-state index is 0.0393. The standard InChI is InChI=1S/C12H12BrClF2/c1-3-12(2,7-14)6-8-10(15)5-4-9(13)11(8)16/h3-5H,1,6-7H2,2H3. The van der Waals surface area contributed by atoms with Gasteiger partial charge in [0.2, 0.25) is 0 Å². The fourth-order valence-electron chi connectivity index (χ4n) is 1.31. The van der Waals surface area contributed by atoms with E-state index in [1.807, 2.05) is 6.92 Å². The molecule has 0 aliphatic heterocycles. The van der Waals surface area contributed by atoms with Gasteiger partial charge < -0.3 is 0 Å². The third-order valence-corrected chi connectivity index (χ3v) is 3.74. The second kappa shape index (κ2) is 5.28. The van der Waals surface area contributed by atoms with Gasteiger partial charge >= 0.3 is 0 Å². The summed E-state index contributed by atoms with van der Waals surface area (Å²) in [6.07, 6.45) is 1.82. The van der Waals surface area contributed by atoms with E-state index < -0.39 is 17.0 Å². The molecule has 0 aliphatic carbocycles. The molecule has 0 bridgehead atoms. The molecule has 16 heavy (non-hydrogen) atoms. The highest BCUT2D eigenvalue weighted by Crippen LogP contribution is 2.30. The first kappa shape index (κ1) is 13.7. The maximum absolute atomic E-state index is 13.7. The number of benzene rings is 1. The third-order valence-electron chi connectivity index (χ3n) is 2.52. The third kappa shape index (κ3) is 2.83. The molecular formula is C12H12BrClF2. The van der Waals surface area contributed by atoms with Crippen molar-refractivity contribution in [3.8, 4) is 0 Å². The number of hydrogen-bond donors (Lipinski definition) is 0. The summed E-state index contributed by atoms with van der Waals surface area (Å²) >= 11 is 8.81. The van der Waals surface area contributed by atoms with Crippen LogP contribution in [0.25, 0.3) is 0 Å². The van der Waals surface area contributed by atoms with Crippen LogP contribution in [0.5, 0.6) is 0 Å². The Labute approximate surface area is 107 Å². The van der Waals surface area contributed by atoms with Crippen LogP contribution < -0.4 is 0 Å². The molecule has 0 spiro atoms. The summed E-state index contributed by atoms with van der Waals surface area (Å²) in [6, 6.07) is 2.58. The van der Waals surface area contributed by atoms with E-state index in [0.717, 1.165) is 0 Å². The Kier molecular flexibility index (Phi) is 4.51. The van der Waals surface area contributed by atoms with Crippen LogP contribution in [0, 0.1) is 17.0 Å². The molecule has 0 N–H and O–H groups in total. The minimum atomic E-state index is -0.571. The largest absolute Gasteiger partial charge is 0.207 e. The van der Waals surface area contributed by atoms with Crippen LogP contribution in [0.3, 0.4) is 0 Å². The predicted octanol–water partition coefficient (Wildman–Crippen LogP) is 4.70. The Bertz CT molecular complexity index is 406. The summed E-state index contributed by atoms with van der Waals surface area (Å²) in [5, 5.41) is 0. The monoisotopic (exact) mass is 308 g/mol. The zero-order valence-corrected chi connectivity index (χ0v) is 11.2. The Morgan fingerprint density at radius 3 is 2.62 bits per heavy atom. The van der Waals surface area contributed by atoms with Gasteiger partial charge in [-0.2, -0.15) is 0 Å². The van der Waals surface area contributed by atoms with Crippen LogP contribution in [0.1, 0.15) is 12.5 Å². The van der Waals surface area contributed by atoms with E-state index in [2.05, 4.69) is 22.5 Å². The number of allylic oxidation sites excluding steroid dienone is 1. The van der Waals surface area contributed by atoms with E-state index in [1.165, 1.54) is 12.1 Å². The molecule has 0 saturated heterocycles. The molecule has 0 radical (unpaired) electrons. The molecule has 1 atom stereocenters. The maximum atomic E-state index is 13.7. The zero-order valence-electron chi connectivity index (χ0n) is 8.87. The lowest BCUT2D eigenvalue weighted by molar-refractivity contribution is 0.448. The molecule has 1 rings (SSSR count). The van der Waals surface area contributed by atoms with E-state index >= 15 is 0 Å². The smallest absolute Gasteiger partial charge is 0.143 e. The highest BCUT2D eigenvalue weighted by atomic mass is 79.9. The number of alkyl halides is 1. The zero-order chi connectivity index (χ0) is 12.3. The molecule has 0 nitrogen and oxygen atoms in total. The molecule has 1 aromatic carbocycles. The lowest BCUT2D eigenvalue weighted by atomic mass is 9.85. The van der Waals surface area contributed by atoms with Gasteiger partial charge in [0.1, 0.15) is 11.6 Å². The number of rotatable bonds is 4. The Hall–Kier alpha value is -0.410. The van der Waals surface area contributed by atoms with Crippen molar-refractivity contribution in [3.63, 3.8) is 0 Å². The van der Waals surface area contributed by atoms with Gasteiger partial charge in [-0.25, -0.2) is 8.78 Å². The SMILES string of the molecule is C=CC(C)(CCl)Cc1c(F)ccc(Br)c1F. The fourth-order valence-corrected chi connectivity index (χ4v) is 1.88. The van der Waals surface area contributed by atoms with Crippen LogP contribution in [-0.2, 0) is 6.42 Å². The Balaban J connectivity index is 3.14. The van der Waals surface area contributed by atoms with Crippen LogP contribution >= 0.6 is 27.5 Å². The van der Waals surface area contributed by atoms with Crippen LogP contribution in [0.2, 0.25) is 0 Å². The lowest BCUT2D eigenvalue weighted by Crippen LogP contribution is -2.20. The van der Waals surface area contributed by atoms with Crippen molar-refractivity contribution in [2.75, 3.05) is 5.88 Å². The number of hydrogen-bond acceptors (Lipinski definition) is 0. The van der Waals surface area contributed by atoms with E-state index in [0.29, 0.717) is 0 Å². The van der Waals surface area contributed by atoms with Gasteiger partial charge in [0.15, 0.2) is 0 Å². The van der Waals surface area contributed by atoms with Crippen molar-refractivity contribution in [2.24, 2.45) is 5.41 Å². The van der Waals surface area contributed by atoms with Gasteiger partial charge in [-0.15, -0.1) is 18.2 Å². The van der Waals surface area contributed by atoms with E-state index in [4.69, 9.17) is 11.6 Å². The van der Waals surface area contributed by atoms with Crippen molar-refractivity contribution in [3.05, 3.63) is 46.5 Å². The highest BCUT2D eigenvalue weighted by molar-refractivity contribution is 9.10. The summed E-state index contributed by atoms with van der Waals surface area (Å²) in [6.45, 7) is 5.45. The second-order valence-corrected chi connectivity index (χ2v) is 5.11. The average Bonchev–Trinajstić information content (AvgIpc) is 2.29. The summed E-state index contributed by atoms with van der Waals surface area (Å²) in [5.41, 5.74) is -0.471. The van der Waals surface area contributed by atoms with E-state index in [9.17, 15) is 8.78 Å². The molecule has 0 heterocycles. The lowest BCUT2D eigenvalue weighted by Gasteiger charge is -2.23. The molecule has 88 valence electrons. The van der Waals surface area contributed by atoms with Gasteiger partial charge in [-0.1, -0.05) is 13.0 Å².